The number of rotatable bonds is 2. The summed E-state index contributed by atoms with van der Waals surface area (Å²) in [6.07, 6.45) is -0.746. The van der Waals surface area contributed by atoms with Crippen LogP contribution in [0, 0.1) is 3.57 Å². The number of fused-ring (bicyclic) bond motifs is 1. The van der Waals surface area contributed by atoms with Gasteiger partial charge in [0.15, 0.2) is 0 Å². The molecule has 1 heterocycles. The predicted molar refractivity (Wildman–Crippen MR) is 89.8 cm³/mol. The zero-order valence-corrected chi connectivity index (χ0v) is 13.9. The molecule has 0 radical (unpaired) electrons. The van der Waals surface area contributed by atoms with Crippen LogP contribution < -0.4 is 5.69 Å². The summed E-state index contributed by atoms with van der Waals surface area (Å²) in [6.45, 7) is 0. The molecule has 0 bridgehead atoms. The maximum Gasteiger partial charge on any atom is 0.323 e. The summed E-state index contributed by atoms with van der Waals surface area (Å²) in [7, 11) is 0. The number of halogens is 2. The Hall–Kier alpha value is -1.12. The number of nitrogens with one attached hydrogen (secondary N) is 2. The predicted octanol–water partition coefficient (Wildman–Crippen LogP) is 3.31. The maximum atomic E-state index is 11.3. The van der Waals surface area contributed by atoms with Crippen LogP contribution in [-0.4, -0.2) is 15.1 Å². The Bertz CT molecular complexity index is 823. The van der Waals surface area contributed by atoms with Crippen molar-refractivity contribution in [2.24, 2.45) is 0 Å². The van der Waals surface area contributed by atoms with E-state index in [1.54, 1.807) is 12.1 Å². The second kappa shape index (κ2) is 5.34. The second-order valence-corrected chi connectivity index (χ2v) is 6.55. The van der Waals surface area contributed by atoms with Crippen LogP contribution >= 0.6 is 38.5 Å². The number of aliphatic hydroxyl groups is 1. The summed E-state index contributed by atoms with van der Waals surface area (Å²) in [5, 5.41) is 10.5. The van der Waals surface area contributed by atoms with Crippen molar-refractivity contribution < 1.29 is 5.11 Å². The lowest BCUT2D eigenvalue weighted by molar-refractivity contribution is 0.219. The van der Waals surface area contributed by atoms with Crippen molar-refractivity contribution in [2.45, 2.75) is 6.10 Å². The van der Waals surface area contributed by atoms with E-state index in [0.717, 1.165) is 13.6 Å². The monoisotopic (exact) mass is 444 g/mol. The largest absolute Gasteiger partial charge is 0.384 e. The van der Waals surface area contributed by atoms with Gasteiger partial charge in [0.2, 0.25) is 0 Å². The standard InChI is InChI=1S/C14H10BrIN2O2/c15-10-6-12-11(17-14(20)18-12)5-9(10)13(19)7-1-3-8(16)4-2-7/h1-6,13,19H,(H2,17,18,20). The molecule has 0 fully saturated rings. The smallest absolute Gasteiger partial charge is 0.323 e. The number of aromatic amines is 2. The third-order valence-corrected chi connectivity index (χ3v) is 4.52. The van der Waals surface area contributed by atoms with E-state index in [1.807, 2.05) is 24.3 Å². The number of H-pyrrole nitrogens is 2. The van der Waals surface area contributed by atoms with Crippen LogP contribution in [0.25, 0.3) is 11.0 Å². The first-order valence-electron chi connectivity index (χ1n) is 5.89. The van der Waals surface area contributed by atoms with Crippen molar-refractivity contribution in [2.75, 3.05) is 0 Å². The number of aromatic nitrogens is 2. The maximum absolute atomic E-state index is 11.3. The summed E-state index contributed by atoms with van der Waals surface area (Å²) < 4.78 is 1.87. The van der Waals surface area contributed by atoms with Gasteiger partial charge in [-0.15, -0.1) is 0 Å². The van der Waals surface area contributed by atoms with Crippen LogP contribution in [0.15, 0.2) is 45.7 Å². The van der Waals surface area contributed by atoms with Gasteiger partial charge in [-0.3, -0.25) is 0 Å². The molecule has 3 N–H and O–H groups in total. The van der Waals surface area contributed by atoms with Crippen molar-refractivity contribution in [3.63, 3.8) is 0 Å². The van der Waals surface area contributed by atoms with Gasteiger partial charge in [-0.1, -0.05) is 28.1 Å². The molecule has 3 rings (SSSR count). The zero-order chi connectivity index (χ0) is 14.3. The molecule has 1 unspecified atom stereocenters. The van der Waals surface area contributed by atoms with Gasteiger partial charge < -0.3 is 15.1 Å². The first kappa shape index (κ1) is 13.8. The quantitative estimate of drug-likeness (QED) is 0.531. The van der Waals surface area contributed by atoms with E-state index in [9.17, 15) is 9.90 Å². The van der Waals surface area contributed by atoms with E-state index >= 15 is 0 Å². The molecule has 0 spiro atoms. The third kappa shape index (κ3) is 2.55. The SMILES string of the molecule is O=c1[nH]c2cc(Br)c(C(O)c3ccc(I)cc3)cc2[nH]1. The normalized spacial score (nSPS) is 12.8. The molecule has 1 atom stereocenters. The van der Waals surface area contributed by atoms with E-state index < -0.39 is 6.10 Å². The van der Waals surface area contributed by atoms with Crippen LogP contribution in [0.4, 0.5) is 0 Å². The molecule has 1 aromatic heterocycles. The fourth-order valence-electron chi connectivity index (χ4n) is 2.11. The summed E-state index contributed by atoms with van der Waals surface area (Å²) in [4.78, 5) is 16.7. The Kier molecular flexibility index (Phi) is 3.70. The highest BCUT2D eigenvalue weighted by atomic mass is 127. The summed E-state index contributed by atoms with van der Waals surface area (Å²) in [5.41, 5.74) is 2.66. The molecule has 2 aromatic carbocycles. The van der Waals surface area contributed by atoms with E-state index in [1.165, 1.54) is 0 Å². The zero-order valence-electron chi connectivity index (χ0n) is 10.2. The highest BCUT2D eigenvalue weighted by Gasteiger charge is 2.15. The van der Waals surface area contributed by atoms with Crippen LogP contribution in [0.1, 0.15) is 17.2 Å². The second-order valence-electron chi connectivity index (χ2n) is 4.45. The average molecular weight is 445 g/mol. The highest BCUT2D eigenvalue weighted by Crippen LogP contribution is 2.31. The van der Waals surface area contributed by atoms with Gasteiger partial charge in [-0.25, -0.2) is 4.79 Å². The van der Waals surface area contributed by atoms with Crippen LogP contribution in [0.3, 0.4) is 0 Å². The number of hydrogen-bond donors (Lipinski definition) is 3. The lowest BCUT2D eigenvalue weighted by Crippen LogP contribution is -2.01. The first-order valence-corrected chi connectivity index (χ1v) is 7.77. The highest BCUT2D eigenvalue weighted by molar-refractivity contribution is 14.1. The minimum atomic E-state index is -0.746. The fourth-order valence-corrected chi connectivity index (χ4v) is 3.03. The molecule has 0 aliphatic carbocycles. The van der Waals surface area contributed by atoms with Gasteiger partial charge >= 0.3 is 5.69 Å². The van der Waals surface area contributed by atoms with E-state index in [-0.39, 0.29) is 5.69 Å². The molecular formula is C14H10BrIN2O2. The Balaban J connectivity index is 2.10. The molecule has 3 aromatic rings. The minimum absolute atomic E-state index is 0.257. The van der Waals surface area contributed by atoms with Crippen molar-refractivity contribution in [3.8, 4) is 0 Å². The van der Waals surface area contributed by atoms with Gasteiger partial charge in [0.1, 0.15) is 6.10 Å². The Morgan fingerprint density at radius 2 is 1.70 bits per heavy atom. The third-order valence-electron chi connectivity index (χ3n) is 3.11. The van der Waals surface area contributed by atoms with Crippen molar-refractivity contribution in [1.29, 1.82) is 0 Å². The number of hydrogen-bond acceptors (Lipinski definition) is 2. The molecule has 0 aliphatic rings. The van der Waals surface area contributed by atoms with Crippen molar-refractivity contribution in [3.05, 3.63) is 66.1 Å². The van der Waals surface area contributed by atoms with Gasteiger partial charge in [0, 0.05) is 13.6 Å². The van der Waals surface area contributed by atoms with Gasteiger partial charge in [-0.05, 0) is 52.4 Å². The number of benzene rings is 2. The summed E-state index contributed by atoms with van der Waals surface area (Å²) in [5.74, 6) is 0. The fraction of sp³-hybridized carbons (Fsp3) is 0.0714. The topological polar surface area (TPSA) is 68.9 Å². The molecule has 20 heavy (non-hydrogen) atoms. The number of aliphatic hydroxyl groups excluding tert-OH is 1. The molecule has 6 heteroatoms. The lowest BCUT2D eigenvalue weighted by Gasteiger charge is -2.13. The molecular weight excluding hydrogens is 435 g/mol. The van der Waals surface area contributed by atoms with Crippen LogP contribution in [0.2, 0.25) is 0 Å². The molecule has 0 saturated carbocycles. The van der Waals surface area contributed by atoms with E-state index in [0.29, 0.717) is 16.6 Å². The van der Waals surface area contributed by atoms with Crippen molar-refractivity contribution >= 4 is 49.6 Å². The van der Waals surface area contributed by atoms with Gasteiger partial charge in [0.05, 0.1) is 11.0 Å². The van der Waals surface area contributed by atoms with Crippen LogP contribution in [0.5, 0.6) is 0 Å². The molecule has 0 saturated heterocycles. The lowest BCUT2D eigenvalue weighted by atomic mass is 10.0. The Morgan fingerprint density at radius 1 is 1.10 bits per heavy atom. The molecule has 0 aliphatic heterocycles. The summed E-state index contributed by atoms with van der Waals surface area (Å²) >= 11 is 5.66. The average Bonchev–Trinajstić information content (AvgIpc) is 2.77. The Labute approximate surface area is 136 Å². The number of imidazole rings is 1. The van der Waals surface area contributed by atoms with E-state index in [4.69, 9.17) is 0 Å². The Morgan fingerprint density at radius 3 is 2.35 bits per heavy atom. The summed E-state index contributed by atoms with van der Waals surface area (Å²) in [6, 6.07) is 11.2. The first-order chi connectivity index (χ1) is 9.54. The molecule has 4 nitrogen and oxygen atoms in total. The minimum Gasteiger partial charge on any atom is -0.384 e. The van der Waals surface area contributed by atoms with Crippen LogP contribution in [-0.2, 0) is 0 Å². The van der Waals surface area contributed by atoms with Gasteiger partial charge in [0.25, 0.3) is 0 Å². The van der Waals surface area contributed by atoms with Crippen molar-refractivity contribution in [1.82, 2.24) is 9.97 Å². The van der Waals surface area contributed by atoms with E-state index in [2.05, 4.69) is 48.5 Å². The molecule has 0 amide bonds. The van der Waals surface area contributed by atoms with Gasteiger partial charge in [-0.2, -0.15) is 0 Å². The molecule has 102 valence electrons.